The topological polar surface area (TPSA) is 206 Å². The molecule has 4 fully saturated rings. The maximum absolute atomic E-state index is 8.65. The van der Waals surface area contributed by atoms with Crippen LogP contribution in [-0.4, -0.2) is 81.2 Å². The number of hydrogen-bond donors (Lipinski definition) is 6. The van der Waals surface area contributed by atoms with Crippen molar-refractivity contribution in [2.45, 2.75) is 75.5 Å². The zero-order valence-corrected chi connectivity index (χ0v) is 51.9. The first kappa shape index (κ1) is 60.0. The molecule has 0 radical (unpaired) electrons. The Morgan fingerprint density at radius 1 is 0.398 bits per heavy atom. The van der Waals surface area contributed by atoms with Gasteiger partial charge in [0.15, 0.2) is 0 Å². The van der Waals surface area contributed by atoms with Gasteiger partial charge in [-0.05, 0) is 221 Å². The number of nitrogens with two attached hydrogens (primary N) is 1. The molecular formula is C62H55BCl4I2N12O2. The summed E-state index contributed by atoms with van der Waals surface area (Å²) in [4.78, 5) is 34.0. The molecule has 0 unspecified atom stereocenters. The molecule has 11 aromatic rings. The highest BCUT2D eigenvalue weighted by Gasteiger charge is 2.24. The van der Waals surface area contributed by atoms with Crippen LogP contribution in [0.5, 0.6) is 0 Å². The third-order valence-electron chi connectivity index (χ3n) is 13.3. The molecule has 0 saturated heterocycles. The van der Waals surface area contributed by atoms with Gasteiger partial charge in [-0.1, -0.05) is 94.9 Å². The van der Waals surface area contributed by atoms with Crippen molar-refractivity contribution >= 4 is 165 Å². The summed E-state index contributed by atoms with van der Waals surface area (Å²) in [6.07, 6.45) is 16.3. The van der Waals surface area contributed by atoms with Crippen LogP contribution in [0.4, 0.5) is 17.5 Å². The number of aromatic nitrogens is 8. The Kier molecular flexibility index (Phi) is 20.7. The van der Waals surface area contributed by atoms with E-state index in [9.17, 15) is 0 Å². The summed E-state index contributed by atoms with van der Waals surface area (Å²) in [7, 11) is -1.43. The summed E-state index contributed by atoms with van der Waals surface area (Å²) in [5.41, 5.74) is 13.9. The Labute approximate surface area is 528 Å². The molecule has 7 aromatic carbocycles. The quantitative estimate of drug-likeness (QED) is 0.0452. The van der Waals surface area contributed by atoms with Gasteiger partial charge in [-0.3, -0.25) is 0 Å². The summed E-state index contributed by atoms with van der Waals surface area (Å²) in [5.74, 6) is 2.82. The van der Waals surface area contributed by atoms with Crippen LogP contribution in [0, 0.1) is 7.14 Å². The van der Waals surface area contributed by atoms with E-state index in [1.165, 1.54) is 67.3 Å². The molecule has 15 rings (SSSR count). The van der Waals surface area contributed by atoms with Gasteiger partial charge in [0.2, 0.25) is 0 Å². The van der Waals surface area contributed by atoms with Crippen molar-refractivity contribution in [3.05, 3.63) is 198 Å². The maximum Gasteiger partial charge on any atom is 0.488 e. The number of rotatable bonds is 9. The van der Waals surface area contributed by atoms with E-state index in [-0.39, 0.29) is 0 Å². The standard InChI is InChI=1S/2C17H14ClN3.C11H10IN3.C8H4ClIN2.C6H6BClO2.C3H7N/c2*18-13-3-1-2-11(8-13)12-4-7-16-15(9-12)17(20-10-19-16)21-14-5-6-14;12-7-1-4-10-9(5-7)11(14-6-13-10)15-8-2-3-8;9-8-6-3-5(10)1-2-7(6)11-4-12-8;8-6-3-1-2-5(4-6)7(9)10;4-3-1-2-3/h2*1-4,7-10,14H,5-6H2,(H,19,20,21);1,4-6,8H,2-3H2,(H,13,14,15);1-4H;1-4,9-10H;3H,1-2,4H2. The first-order chi connectivity index (χ1) is 40.3. The second kappa shape index (κ2) is 28.6. The summed E-state index contributed by atoms with van der Waals surface area (Å²) in [6, 6.07) is 49.1. The molecule has 4 aromatic heterocycles. The highest BCUT2D eigenvalue weighted by atomic mass is 127. The van der Waals surface area contributed by atoms with E-state index in [0.29, 0.717) is 39.8 Å². The molecule has 0 amide bonds. The fourth-order valence-corrected chi connectivity index (χ4v) is 9.96. The van der Waals surface area contributed by atoms with Crippen LogP contribution < -0.4 is 27.1 Å². The van der Waals surface area contributed by atoms with Crippen molar-refractivity contribution in [3.8, 4) is 22.3 Å². The molecule has 0 atom stereocenters. The zero-order valence-electron chi connectivity index (χ0n) is 44.5. The lowest BCUT2D eigenvalue weighted by atomic mass is 9.81. The van der Waals surface area contributed by atoms with Gasteiger partial charge in [-0.2, -0.15) is 0 Å². The van der Waals surface area contributed by atoms with E-state index in [4.69, 9.17) is 62.2 Å². The van der Waals surface area contributed by atoms with Gasteiger partial charge < -0.3 is 31.7 Å². The highest BCUT2D eigenvalue weighted by Crippen LogP contribution is 2.34. The van der Waals surface area contributed by atoms with E-state index in [1.54, 1.807) is 37.2 Å². The molecule has 7 N–H and O–H groups in total. The molecule has 0 spiro atoms. The van der Waals surface area contributed by atoms with E-state index in [0.717, 1.165) is 96.9 Å². The SMILES string of the molecule is Clc1cccc(-c2ccc3ncnc(NC4CC4)c3c2)c1.Clc1cccc(-c2ccc3ncnc(NC4CC4)c3c2)c1.Clc1ncnc2ccc(I)cc12.Ic1ccc2ncnc(NC3CC3)c2c1.NC1CC1.OB(O)c1cccc(Cl)c1. The van der Waals surface area contributed by atoms with Gasteiger partial charge in [0.1, 0.15) is 47.9 Å². The minimum atomic E-state index is -1.43. The second-order valence-electron chi connectivity index (χ2n) is 20.2. The summed E-state index contributed by atoms with van der Waals surface area (Å²) < 4.78 is 2.35. The fourth-order valence-electron chi connectivity index (χ4n) is 8.21. The van der Waals surface area contributed by atoms with Crippen molar-refractivity contribution < 1.29 is 10.0 Å². The second-order valence-corrected chi connectivity index (χ2v) is 24.3. The van der Waals surface area contributed by atoms with Crippen LogP contribution in [0.3, 0.4) is 0 Å². The Morgan fingerprint density at radius 3 is 1.12 bits per heavy atom. The predicted molar refractivity (Wildman–Crippen MR) is 358 cm³/mol. The van der Waals surface area contributed by atoms with Crippen molar-refractivity contribution in [1.82, 2.24) is 39.9 Å². The third-order valence-corrected chi connectivity index (χ3v) is 15.6. The van der Waals surface area contributed by atoms with E-state index >= 15 is 0 Å². The summed E-state index contributed by atoms with van der Waals surface area (Å²) >= 11 is 28.2. The van der Waals surface area contributed by atoms with Crippen molar-refractivity contribution in [2.75, 3.05) is 16.0 Å². The van der Waals surface area contributed by atoms with Crippen LogP contribution in [-0.2, 0) is 0 Å². The van der Waals surface area contributed by atoms with Gasteiger partial charge >= 0.3 is 7.12 Å². The highest BCUT2D eigenvalue weighted by molar-refractivity contribution is 14.1. The van der Waals surface area contributed by atoms with Gasteiger partial charge in [0, 0.05) is 67.9 Å². The normalized spacial score (nSPS) is 14.0. The number of nitrogens with zero attached hydrogens (tertiary/aromatic N) is 8. The van der Waals surface area contributed by atoms with Crippen molar-refractivity contribution in [3.63, 3.8) is 0 Å². The number of fused-ring (bicyclic) bond motifs is 4. The lowest BCUT2D eigenvalue weighted by Gasteiger charge is -2.09. The zero-order chi connectivity index (χ0) is 57.8. The molecule has 4 aliphatic rings. The van der Waals surface area contributed by atoms with Gasteiger partial charge in [-0.25, -0.2) is 39.9 Å². The Bertz CT molecular complexity index is 3890. The lowest BCUT2D eigenvalue weighted by Crippen LogP contribution is -2.29. The van der Waals surface area contributed by atoms with Gasteiger partial charge in [-0.15, -0.1) is 0 Å². The minimum Gasteiger partial charge on any atom is -0.423 e. The molecule has 4 heterocycles. The van der Waals surface area contributed by atoms with E-state index in [2.05, 4.69) is 150 Å². The summed E-state index contributed by atoms with van der Waals surface area (Å²) in [5, 5.41) is 34.3. The Balaban J connectivity index is 0.000000117. The molecule has 0 aliphatic heterocycles. The maximum atomic E-state index is 8.65. The third kappa shape index (κ3) is 17.9. The Hall–Kier alpha value is -6.14. The fraction of sp³-hybridized carbons (Fsp3) is 0.194. The van der Waals surface area contributed by atoms with E-state index in [1.807, 2.05) is 72.8 Å². The molecule has 21 heteroatoms. The predicted octanol–water partition coefficient (Wildman–Crippen LogP) is 14.9. The van der Waals surface area contributed by atoms with Gasteiger partial charge in [0.25, 0.3) is 0 Å². The minimum absolute atomic E-state index is 0.410. The number of nitrogens with one attached hydrogen (secondary N) is 3. The van der Waals surface area contributed by atoms with Crippen LogP contribution in [0.2, 0.25) is 20.2 Å². The molecule has 83 heavy (non-hydrogen) atoms. The molecule has 420 valence electrons. The van der Waals surface area contributed by atoms with Gasteiger partial charge in [0.05, 0.1) is 22.1 Å². The number of halogens is 6. The monoisotopic (exact) mass is 1400 g/mol. The molecule has 14 nitrogen and oxygen atoms in total. The average Bonchev–Trinajstić information content (AvgIpc) is 4.35. The van der Waals surface area contributed by atoms with Crippen molar-refractivity contribution in [1.29, 1.82) is 0 Å². The van der Waals surface area contributed by atoms with Crippen LogP contribution >= 0.6 is 91.6 Å². The largest absolute Gasteiger partial charge is 0.488 e. The number of anilines is 3. The molecular weight excluding hydrogens is 1350 g/mol. The first-order valence-corrected chi connectivity index (χ1v) is 30.6. The van der Waals surface area contributed by atoms with Crippen LogP contribution in [0.25, 0.3) is 65.9 Å². The summed E-state index contributed by atoms with van der Waals surface area (Å²) in [6.45, 7) is 0. The van der Waals surface area contributed by atoms with Crippen LogP contribution in [0.15, 0.2) is 171 Å². The lowest BCUT2D eigenvalue weighted by molar-refractivity contribution is 0.426. The smallest absolute Gasteiger partial charge is 0.423 e. The molecule has 4 aliphatic carbocycles. The molecule has 4 saturated carbocycles. The number of hydrogen-bond acceptors (Lipinski definition) is 14. The first-order valence-electron chi connectivity index (χ1n) is 26.9. The van der Waals surface area contributed by atoms with Crippen LogP contribution in [0.1, 0.15) is 51.4 Å². The Morgan fingerprint density at radius 2 is 0.747 bits per heavy atom. The average molecular weight is 1410 g/mol. The molecule has 0 bridgehead atoms. The number of benzene rings is 7. The van der Waals surface area contributed by atoms with Crippen molar-refractivity contribution in [2.24, 2.45) is 5.73 Å². The van der Waals surface area contributed by atoms with E-state index < -0.39 is 7.12 Å².